The molecule has 0 aliphatic carbocycles. The van der Waals surface area contributed by atoms with Crippen molar-refractivity contribution < 1.29 is 13.9 Å². The Kier molecular flexibility index (Phi) is 7.87. The Bertz CT molecular complexity index is 408. The fourth-order valence-corrected chi connectivity index (χ4v) is 2.18. The average molecular weight is 349 g/mol. The fourth-order valence-electron chi connectivity index (χ4n) is 1.82. The number of nitrogens with zero attached hydrogens (tertiary/aromatic N) is 1. The molecule has 0 saturated heterocycles. The van der Waals surface area contributed by atoms with Gasteiger partial charge in [-0.2, -0.15) is 0 Å². The lowest BCUT2D eigenvalue weighted by atomic mass is 10.2. The third kappa shape index (κ3) is 5.26. The summed E-state index contributed by atoms with van der Waals surface area (Å²) in [6, 6.07) is 3.02. The molecule has 0 unspecified atom stereocenters. The first-order valence-corrected chi connectivity index (χ1v) is 7.54. The second-order valence-corrected chi connectivity index (χ2v) is 5.06. The molecule has 0 heterocycles. The highest BCUT2D eigenvalue weighted by atomic mass is 79.9. The highest BCUT2D eigenvalue weighted by Crippen LogP contribution is 2.29. The SMILES string of the molecule is CCOCCN(CCOCC)c1cc(F)c(Br)cc1N. The van der Waals surface area contributed by atoms with Crippen LogP contribution in [-0.2, 0) is 9.47 Å². The van der Waals surface area contributed by atoms with E-state index in [1.165, 1.54) is 6.07 Å². The maximum atomic E-state index is 13.7. The van der Waals surface area contributed by atoms with Gasteiger partial charge in [0.25, 0.3) is 0 Å². The molecule has 0 atom stereocenters. The van der Waals surface area contributed by atoms with Gasteiger partial charge in [-0.15, -0.1) is 0 Å². The maximum Gasteiger partial charge on any atom is 0.139 e. The molecule has 6 heteroatoms. The van der Waals surface area contributed by atoms with Crippen LogP contribution in [0.5, 0.6) is 0 Å². The molecule has 1 aromatic rings. The van der Waals surface area contributed by atoms with Crippen molar-refractivity contribution in [3.05, 3.63) is 22.4 Å². The van der Waals surface area contributed by atoms with Crippen LogP contribution in [0.3, 0.4) is 0 Å². The van der Waals surface area contributed by atoms with Crippen LogP contribution in [0.15, 0.2) is 16.6 Å². The molecule has 0 saturated carbocycles. The van der Waals surface area contributed by atoms with E-state index in [0.717, 1.165) is 0 Å². The highest BCUT2D eigenvalue weighted by Gasteiger charge is 2.13. The summed E-state index contributed by atoms with van der Waals surface area (Å²) < 4.78 is 24.8. The number of benzene rings is 1. The molecule has 0 radical (unpaired) electrons. The zero-order valence-electron chi connectivity index (χ0n) is 12.0. The average Bonchev–Trinajstić information content (AvgIpc) is 2.42. The summed E-state index contributed by atoms with van der Waals surface area (Å²) >= 11 is 3.13. The molecular formula is C14H22BrFN2O2. The van der Waals surface area contributed by atoms with Gasteiger partial charge in [-0.3, -0.25) is 0 Å². The van der Waals surface area contributed by atoms with Crippen molar-refractivity contribution >= 4 is 27.3 Å². The summed E-state index contributed by atoms with van der Waals surface area (Å²) in [5, 5.41) is 0. The van der Waals surface area contributed by atoms with Crippen LogP contribution >= 0.6 is 15.9 Å². The third-order valence-corrected chi connectivity index (χ3v) is 3.44. The first-order valence-electron chi connectivity index (χ1n) is 6.75. The van der Waals surface area contributed by atoms with Gasteiger partial charge in [0.15, 0.2) is 0 Å². The normalized spacial score (nSPS) is 10.8. The van der Waals surface area contributed by atoms with E-state index in [9.17, 15) is 4.39 Å². The molecule has 114 valence electrons. The van der Waals surface area contributed by atoms with Crippen LogP contribution in [0.1, 0.15) is 13.8 Å². The van der Waals surface area contributed by atoms with Crippen molar-refractivity contribution in [2.75, 3.05) is 50.2 Å². The van der Waals surface area contributed by atoms with Gasteiger partial charge in [-0.1, -0.05) is 0 Å². The first-order chi connectivity index (χ1) is 9.60. The molecule has 20 heavy (non-hydrogen) atoms. The van der Waals surface area contributed by atoms with Crippen LogP contribution in [0.2, 0.25) is 0 Å². The number of hydrogen-bond acceptors (Lipinski definition) is 4. The molecule has 0 amide bonds. The lowest BCUT2D eigenvalue weighted by Gasteiger charge is -2.26. The monoisotopic (exact) mass is 348 g/mol. The summed E-state index contributed by atoms with van der Waals surface area (Å²) in [7, 11) is 0. The Balaban J connectivity index is 2.81. The minimum absolute atomic E-state index is 0.327. The molecule has 0 aromatic heterocycles. The smallest absolute Gasteiger partial charge is 0.139 e. The van der Waals surface area contributed by atoms with Gasteiger partial charge in [-0.25, -0.2) is 4.39 Å². The first kappa shape index (κ1) is 17.2. The van der Waals surface area contributed by atoms with E-state index in [4.69, 9.17) is 15.2 Å². The molecule has 1 rings (SSSR count). The quantitative estimate of drug-likeness (QED) is 0.550. The lowest BCUT2D eigenvalue weighted by Crippen LogP contribution is -2.31. The molecule has 4 nitrogen and oxygen atoms in total. The van der Waals surface area contributed by atoms with Crippen molar-refractivity contribution in [2.45, 2.75) is 13.8 Å². The molecule has 0 spiro atoms. The Morgan fingerprint density at radius 1 is 1.15 bits per heavy atom. The predicted octanol–water partition coefficient (Wildman–Crippen LogP) is 3.05. The molecule has 0 fully saturated rings. The van der Waals surface area contributed by atoms with Crippen LogP contribution < -0.4 is 10.6 Å². The second kappa shape index (κ2) is 9.15. The van der Waals surface area contributed by atoms with Crippen molar-refractivity contribution in [1.29, 1.82) is 0 Å². The minimum atomic E-state index is -0.327. The van der Waals surface area contributed by atoms with E-state index in [2.05, 4.69) is 15.9 Å². The predicted molar refractivity (Wildman–Crippen MR) is 83.7 cm³/mol. The Morgan fingerprint density at radius 2 is 1.70 bits per heavy atom. The number of nitrogens with two attached hydrogens (primary N) is 1. The minimum Gasteiger partial charge on any atom is -0.397 e. The molecule has 2 N–H and O–H groups in total. The number of halogens is 2. The largest absolute Gasteiger partial charge is 0.397 e. The molecule has 0 aliphatic heterocycles. The Hall–Kier alpha value is -0.850. The molecule has 1 aromatic carbocycles. The van der Waals surface area contributed by atoms with Crippen molar-refractivity contribution in [3.63, 3.8) is 0 Å². The van der Waals surface area contributed by atoms with E-state index in [0.29, 0.717) is 55.4 Å². The number of rotatable bonds is 9. The molecule has 0 bridgehead atoms. The van der Waals surface area contributed by atoms with Crippen LogP contribution in [0.25, 0.3) is 0 Å². The van der Waals surface area contributed by atoms with Crippen molar-refractivity contribution in [1.82, 2.24) is 0 Å². The van der Waals surface area contributed by atoms with Gasteiger partial charge in [-0.05, 0) is 35.8 Å². The van der Waals surface area contributed by atoms with Gasteiger partial charge in [0.05, 0.1) is 29.1 Å². The Labute approximate surface area is 128 Å². The summed E-state index contributed by atoms with van der Waals surface area (Å²) in [5.41, 5.74) is 7.18. The summed E-state index contributed by atoms with van der Waals surface area (Å²) in [6.45, 7) is 7.63. The maximum absolute atomic E-state index is 13.7. The second-order valence-electron chi connectivity index (χ2n) is 4.21. The fraction of sp³-hybridized carbons (Fsp3) is 0.571. The summed E-state index contributed by atoms with van der Waals surface area (Å²) in [5.74, 6) is -0.327. The van der Waals surface area contributed by atoms with Crippen molar-refractivity contribution in [3.8, 4) is 0 Å². The van der Waals surface area contributed by atoms with E-state index in [1.54, 1.807) is 6.07 Å². The van der Waals surface area contributed by atoms with Gasteiger partial charge in [0.1, 0.15) is 5.82 Å². The lowest BCUT2D eigenvalue weighted by molar-refractivity contribution is 0.141. The number of ether oxygens (including phenoxy) is 2. The van der Waals surface area contributed by atoms with Gasteiger partial charge in [0, 0.05) is 32.4 Å². The van der Waals surface area contributed by atoms with Crippen LogP contribution in [0, 0.1) is 5.82 Å². The number of anilines is 2. The standard InChI is InChI=1S/C14H22BrFN2O2/c1-3-19-7-5-18(6-8-20-4-2)14-10-12(16)11(15)9-13(14)17/h9-10H,3-8,17H2,1-2H3. The van der Waals surface area contributed by atoms with E-state index >= 15 is 0 Å². The van der Waals surface area contributed by atoms with Gasteiger partial charge < -0.3 is 20.1 Å². The van der Waals surface area contributed by atoms with Crippen LogP contribution in [-0.4, -0.2) is 39.5 Å². The topological polar surface area (TPSA) is 47.7 Å². The summed E-state index contributed by atoms with van der Waals surface area (Å²) in [6.07, 6.45) is 0. The third-order valence-electron chi connectivity index (χ3n) is 2.83. The summed E-state index contributed by atoms with van der Waals surface area (Å²) in [4.78, 5) is 1.98. The van der Waals surface area contributed by atoms with Crippen LogP contribution in [0.4, 0.5) is 15.8 Å². The number of nitrogen functional groups attached to an aromatic ring is 1. The van der Waals surface area contributed by atoms with E-state index in [1.807, 2.05) is 18.7 Å². The van der Waals surface area contributed by atoms with E-state index < -0.39 is 0 Å². The van der Waals surface area contributed by atoms with E-state index in [-0.39, 0.29) is 5.82 Å². The Morgan fingerprint density at radius 3 is 2.20 bits per heavy atom. The van der Waals surface area contributed by atoms with Gasteiger partial charge >= 0.3 is 0 Å². The van der Waals surface area contributed by atoms with Gasteiger partial charge in [0.2, 0.25) is 0 Å². The number of hydrogen-bond donors (Lipinski definition) is 1. The molecular weight excluding hydrogens is 327 g/mol. The molecule has 0 aliphatic rings. The highest BCUT2D eigenvalue weighted by molar-refractivity contribution is 9.10. The van der Waals surface area contributed by atoms with Crippen molar-refractivity contribution in [2.24, 2.45) is 0 Å². The zero-order chi connectivity index (χ0) is 15.0. The zero-order valence-corrected chi connectivity index (χ0v) is 13.6.